The molecule has 0 radical (unpaired) electrons. The van der Waals surface area contributed by atoms with Gasteiger partial charge in [0.25, 0.3) is 0 Å². The molecule has 0 saturated carbocycles. The van der Waals surface area contributed by atoms with E-state index in [9.17, 15) is 5.53 Å². The minimum Gasteiger partial charge on any atom is -0.402 e. The first-order valence-electron chi connectivity index (χ1n) is 6.92. The zero-order chi connectivity index (χ0) is 15.5. The summed E-state index contributed by atoms with van der Waals surface area (Å²) in [4.78, 5) is 3.41. The van der Waals surface area contributed by atoms with Crippen molar-refractivity contribution in [2.24, 2.45) is 5.73 Å². The first-order chi connectivity index (χ1) is 10.7. The summed E-state index contributed by atoms with van der Waals surface area (Å²) in [5, 5.41) is 0.663. The van der Waals surface area contributed by atoms with E-state index in [4.69, 9.17) is 17.3 Å². The summed E-state index contributed by atoms with van der Waals surface area (Å²) in [6.45, 7) is 0. The lowest BCUT2D eigenvalue weighted by atomic mass is 9.88. The zero-order valence-corrected chi connectivity index (χ0v) is 12.6. The molecular weight excluding hydrogens is 294 g/mol. The summed E-state index contributed by atoms with van der Waals surface area (Å²) in [6.07, 6.45) is 4.15. The van der Waals surface area contributed by atoms with Crippen LogP contribution in [0.4, 0.5) is 0 Å². The minimum absolute atomic E-state index is 0.430. The van der Waals surface area contributed by atoms with E-state index >= 15 is 0 Å². The number of hydrogen-bond donors (Lipinski definition) is 1. The van der Waals surface area contributed by atoms with Crippen molar-refractivity contribution in [2.75, 3.05) is 0 Å². The molecule has 4 heteroatoms. The van der Waals surface area contributed by atoms with E-state index in [1.165, 1.54) is 0 Å². The molecular formula is C18H14ClN3. The van der Waals surface area contributed by atoms with E-state index in [1.54, 1.807) is 0 Å². The standard InChI is InChI=1S/C18H14ClN3/c19-13-6-8-15(16-9-7-14(20)11-18(16)22-21)17(10-13)12-4-2-1-3-5-12/h1-10H,11,20H2. The third-order valence-electron chi connectivity index (χ3n) is 3.62. The Morgan fingerprint density at radius 1 is 1.00 bits per heavy atom. The van der Waals surface area contributed by atoms with Crippen molar-refractivity contribution in [3.05, 3.63) is 82.5 Å². The highest BCUT2D eigenvalue weighted by Gasteiger charge is 2.23. The summed E-state index contributed by atoms with van der Waals surface area (Å²) in [5.74, 6) is 0. The molecule has 0 bridgehead atoms. The Balaban J connectivity index is 2.22. The van der Waals surface area contributed by atoms with Gasteiger partial charge in [-0.15, -0.1) is 0 Å². The van der Waals surface area contributed by atoms with Gasteiger partial charge in [-0.05, 0) is 41.0 Å². The van der Waals surface area contributed by atoms with Crippen LogP contribution in [-0.4, -0.2) is 10.5 Å². The predicted molar refractivity (Wildman–Crippen MR) is 90.4 cm³/mol. The van der Waals surface area contributed by atoms with E-state index < -0.39 is 0 Å². The van der Waals surface area contributed by atoms with E-state index in [2.05, 4.69) is 4.79 Å². The number of rotatable bonds is 2. The van der Waals surface area contributed by atoms with Crippen LogP contribution < -0.4 is 5.73 Å². The molecule has 0 fully saturated rings. The Labute approximate surface area is 134 Å². The van der Waals surface area contributed by atoms with Gasteiger partial charge in [0, 0.05) is 10.7 Å². The summed E-state index contributed by atoms with van der Waals surface area (Å²) in [5.41, 5.74) is 20.2. The second-order valence-corrected chi connectivity index (χ2v) is 5.54. The lowest BCUT2D eigenvalue weighted by Gasteiger charge is -2.14. The fourth-order valence-electron chi connectivity index (χ4n) is 2.58. The number of allylic oxidation sites excluding steroid dienone is 4. The normalized spacial score (nSPS) is 14.1. The van der Waals surface area contributed by atoms with Crippen molar-refractivity contribution in [1.82, 2.24) is 0 Å². The molecule has 0 saturated heterocycles. The molecule has 0 unspecified atom stereocenters. The molecule has 1 aliphatic rings. The van der Waals surface area contributed by atoms with Gasteiger partial charge in [0.2, 0.25) is 0 Å². The molecule has 0 spiro atoms. The van der Waals surface area contributed by atoms with Crippen molar-refractivity contribution in [1.29, 1.82) is 0 Å². The smallest absolute Gasteiger partial charge is 0.305 e. The van der Waals surface area contributed by atoms with Crippen LogP contribution >= 0.6 is 11.6 Å². The van der Waals surface area contributed by atoms with Crippen LogP contribution in [-0.2, 0) is 0 Å². The van der Waals surface area contributed by atoms with Crippen molar-refractivity contribution >= 4 is 22.9 Å². The first-order valence-corrected chi connectivity index (χ1v) is 7.30. The molecule has 0 aromatic heterocycles. The first kappa shape index (κ1) is 14.3. The minimum atomic E-state index is 0.430. The van der Waals surface area contributed by atoms with Gasteiger partial charge in [0.1, 0.15) is 0 Å². The number of halogens is 1. The lowest BCUT2D eigenvalue weighted by molar-refractivity contribution is -0.00469. The van der Waals surface area contributed by atoms with E-state index in [-0.39, 0.29) is 0 Å². The molecule has 108 valence electrons. The van der Waals surface area contributed by atoms with E-state index in [1.807, 2.05) is 60.7 Å². The third-order valence-corrected chi connectivity index (χ3v) is 3.86. The molecule has 0 amide bonds. The second-order valence-electron chi connectivity index (χ2n) is 5.10. The van der Waals surface area contributed by atoms with Crippen LogP contribution in [0.2, 0.25) is 5.02 Å². The highest BCUT2D eigenvalue weighted by molar-refractivity contribution is 6.31. The SMILES string of the molecule is [N-]=[N+]=C1CC(N)=CC=C1c1ccc(Cl)cc1-c1ccccc1. The van der Waals surface area contributed by atoms with Crippen LogP contribution in [0.15, 0.2) is 66.4 Å². The molecule has 3 nitrogen and oxygen atoms in total. The molecule has 3 rings (SSSR count). The van der Waals surface area contributed by atoms with Crippen molar-refractivity contribution in [3.8, 4) is 11.1 Å². The van der Waals surface area contributed by atoms with Gasteiger partial charge < -0.3 is 11.3 Å². The molecule has 0 atom stereocenters. The van der Waals surface area contributed by atoms with Crippen LogP contribution in [0.3, 0.4) is 0 Å². The molecule has 1 aliphatic carbocycles. The van der Waals surface area contributed by atoms with Crippen molar-refractivity contribution in [2.45, 2.75) is 6.42 Å². The fraction of sp³-hybridized carbons (Fsp3) is 0.0556. The molecule has 22 heavy (non-hydrogen) atoms. The summed E-state index contributed by atoms with van der Waals surface area (Å²) >= 11 is 6.17. The molecule has 0 aliphatic heterocycles. The average Bonchev–Trinajstić information content (AvgIpc) is 2.56. The topological polar surface area (TPSA) is 62.4 Å². The van der Waals surface area contributed by atoms with Crippen molar-refractivity contribution < 1.29 is 4.79 Å². The van der Waals surface area contributed by atoms with Gasteiger partial charge in [-0.1, -0.05) is 48.0 Å². The maximum absolute atomic E-state index is 9.29. The maximum Gasteiger partial charge on any atom is 0.305 e. The van der Waals surface area contributed by atoms with Gasteiger partial charge in [0.15, 0.2) is 0 Å². The van der Waals surface area contributed by atoms with Gasteiger partial charge >= 0.3 is 5.71 Å². The highest BCUT2D eigenvalue weighted by Crippen LogP contribution is 2.33. The zero-order valence-electron chi connectivity index (χ0n) is 11.8. The van der Waals surface area contributed by atoms with E-state index in [0.717, 1.165) is 22.3 Å². The molecule has 0 heterocycles. The Bertz CT molecular complexity index is 829. The van der Waals surface area contributed by atoms with Crippen LogP contribution in [0.5, 0.6) is 0 Å². The quantitative estimate of drug-likeness (QED) is 0.652. The number of nitrogens with zero attached hydrogens (tertiary/aromatic N) is 2. The average molecular weight is 308 g/mol. The van der Waals surface area contributed by atoms with E-state index in [0.29, 0.717) is 22.9 Å². The lowest BCUT2D eigenvalue weighted by Crippen LogP contribution is -2.13. The van der Waals surface area contributed by atoms with Gasteiger partial charge in [-0.25, -0.2) is 0 Å². The Morgan fingerprint density at radius 2 is 1.77 bits per heavy atom. The van der Waals surface area contributed by atoms with Crippen molar-refractivity contribution in [3.63, 3.8) is 0 Å². The Kier molecular flexibility index (Phi) is 3.92. The molecule has 2 N–H and O–H groups in total. The Hall–Kier alpha value is -2.61. The third kappa shape index (κ3) is 2.73. The summed E-state index contributed by atoms with van der Waals surface area (Å²) in [7, 11) is 0. The fourth-order valence-corrected chi connectivity index (χ4v) is 2.75. The summed E-state index contributed by atoms with van der Waals surface area (Å²) < 4.78 is 0. The van der Waals surface area contributed by atoms with Gasteiger partial charge in [-0.2, -0.15) is 4.79 Å². The Morgan fingerprint density at radius 3 is 2.50 bits per heavy atom. The van der Waals surface area contributed by atoms with Gasteiger partial charge in [-0.3, -0.25) is 0 Å². The van der Waals surface area contributed by atoms with Gasteiger partial charge in [0.05, 0.1) is 12.0 Å². The largest absolute Gasteiger partial charge is 0.402 e. The number of nitrogens with two attached hydrogens (primary N) is 1. The molecule has 2 aromatic rings. The highest BCUT2D eigenvalue weighted by atomic mass is 35.5. The summed E-state index contributed by atoms with van der Waals surface area (Å²) in [6, 6.07) is 15.7. The number of hydrogen-bond acceptors (Lipinski definition) is 1. The molecule has 2 aromatic carbocycles. The number of benzene rings is 2. The van der Waals surface area contributed by atoms with Crippen LogP contribution in [0.25, 0.3) is 22.2 Å². The van der Waals surface area contributed by atoms with Crippen LogP contribution in [0.1, 0.15) is 12.0 Å². The predicted octanol–water partition coefficient (Wildman–Crippen LogP) is 4.31. The maximum atomic E-state index is 9.29. The second kappa shape index (κ2) is 6.02. The van der Waals surface area contributed by atoms with Crippen LogP contribution in [0, 0.1) is 0 Å². The monoisotopic (exact) mass is 307 g/mol.